The number of amidine groups is 1. The smallest absolute Gasteiger partial charge is 0.314 e. The molecule has 2 aromatic rings. The van der Waals surface area contributed by atoms with E-state index in [1.54, 1.807) is 24.4 Å². The molecule has 0 saturated carbocycles. The van der Waals surface area contributed by atoms with Gasteiger partial charge in [-0.3, -0.25) is 15.1 Å². The molecular formula is C15H14Cl2N4O3. The van der Waals surface area contributed by atoms with E-state index in [4.69, 9.17) is 16.0 Å². The number of hydrogen-bond acceptors (Lipinski definition) is 6. The van der Waals surface area contributed by atoms with E-state index in [1.165, 1.54) is 12.3 Å². The summed E-state index contributed by atoms with van der Waals surface area (Å²) in [6.45, 7) is 1.60. The van der Waals surface area contributed by atoms with Gasteiger partial charge in [0.25, 0.3) is 0 Å². The first-order valence-corrected chi connectivity index (χ1v) is 7.31. The number of rotatable bonds is 5. The van der Waals surface area contributed by atoms with Crippen molar-refractivity contribution in [2.45, 2.75) is 6.54 Å². The fraction of sp³-hybridized carbons (Fsp3) is 0.200. The topological polar surface area (TPSA) is 84.8 Å². The van der Waals surface area contributed by atoms with Crippen molar-refractivity contribution in [2.24, 2.45) is 4.99 Å². The summed E-state index contributed by atoms with van der Waals surface area (Å²) in [4.78, 5) is 21.1. The zero-order valence-electron chi connectivity index (χ0n) is 12.5. The van der Waals surface area contributed by atoms with Crippen molar-refractivity contribution in [1.29, 1.82) is 0 Å². The van der Waals surface area contributed by atoms with Gasteiger partial charge in [-0.25, -0.2) is 4.98 Å². The van der Waals surface area contributed by atoms with E-state index in [0.717, 1.165) is 5.56 Å². The van der Waals surface area contributed by atoms with Crippen LogP contribution >= 0.6 is 24.0 Å². The standard InChI is InChI=1S/C15H13ClN4O3.ClH/c16-14-4-3-11(9-18-14)10-19-6-5-17-15(19)13(20(21)22)8-12-2-1-7-23-12;/h1-4,7-9H,5-6,10H2;1H/b13-8+;. The van der Waals surface area contributed by atoms with Crippen molar-refractivity contribution >= 4 is 35.9 Å². The van der Waals surface area contributed by atoms with Crippen LogP contribution in [-0.2, 0) is 6.54 Å². The van der Waals surface area contributed by atoms with Crippen molar-refractivity contribution in [3.05, 3.63) is 69.0 Å². The molecule has 0 aromatic carbocycles. The number of hydrogen-bond donors (Lipinski definition) is 0. The summed E-state index contributed by atoms with van der Waals surface area (Å²) in [6, 6.07) is 6.87. The highest BCUT2D eigenvalue weighted by molar-refractivity contribution is 6.29. The minimum absolute atomic E-state index is 0. The van der Waals surface area contributed by atoms with Gasteiger partial charge in [-0.1, -0.05) is 17.7 Å². The summed E-state index contributed by atoms with van der Waals surface area (Å²) >= 11 is 5.77. The largest absolute Gasteiger partial charge is 0.465 e. The summed E-state index contributed by atoms with van der Waals surface area (Å²) in [6.07, 6.45) is 4.51. The van der Waals surface area contributed by atoms with Crippen LogP contribution in [0.5, 0.6) is 0 Å². The lowest BCUT2D eigenvalue weighted by Crippen LogP contribution is -2.30. The fourth-order valence-electron chi connectivity index (χ4n) is 2.31. The number of aliphatic imine (C=N–C) groups is 1. The van der Waals surface area contributed by atoms with Gasteiger partial charge in [0.15, 0.2) is 0 Å². The van der Waals surface area contributed by atoms with Gasteiger partial charge in [-0.2, -0.15) is 0 Å². The monoisotopic (exact) mass is 368 g/mol. The number of halogens is 2. The third-order valence-electron chi connectivity index (χ3n) is 3.34. The van der Waals surface area contributed by atoms with Gasteiger partial charge < -0.3 is 9.32 Å². The maximum absolute atomic E-state index is 11.4. The molecule has 0 saturated heterocycles. The van der Waals surface area contributed by atoms with Gasteiger partial charge in [0.1, 0.15) is 10.9 Å². The third-order valence-corrected chi connectivity index (χ3v) is 3.56. The molecule has 0 N–H and O–H groups in total. The highest BCUT2D eigenvalue weighted by Crippen LogP contribution is 2.18. The molecule has 1 aliphatic heterocycles. The lowest BCUT2D eigenvalue weighted by molar-refractivity contribution is -0.414. The Labute approximate surface area is 149 Å². The fourth-order valence-corrected chi connectivity index (χ4v) is 2.42. The van der Waals surface area contributed by atoms with Crippen LogP contribution in [0.25, 0.3) is 6.08 Å². The molecule has 9 heteroatoms. The first-order chi connectivity index (χ1) is 11.1. The van der Waals surface area contributed by atoms with Gasteiger partial charge in [-0.15, -0.1) is 12.4 Å². The lowest BCUT2D eigenvalue weighted by atomic mass is 10.2. The first kappa shape index (κ1) is 18.0. The predicted molar refractivity (Wildman–Crippen MR) is 92.9 cm³/mol. The number of nitro groups is 1. The summed E-state index contributed by atoms with van der Waals surface area (Å²) in [5.41, 5.74) is 0.823. The molecule has 3 heterocycles. The maximum atomic E-state index is 11.4. The highest BCUT2D eigenvalue weighted by atomic mass is 35.5. The van der Waals surface area contributed by atoms with Crippen LogP contribution in [0.1, 0.15) is 11.3 Å². The van der Waals surface area contributed by atoms with Crippen LogP contribution in [0.3, 0.4) is 0 Å². The van der Waals surface area contributed by atoms with Crippen molar-refractivity contribution in [3.8, 4) is 0 Å². The predicted octanol–water partition coefficient (Wildman–Crippen LogP) is 3.28. The van der Waals surface area contributed by atoms with Gasteiger partial charge in [0.05, 0.1) is 23.8 Å². The molecule has 1 aliphatic rings. The van der Waals surface area contributed by atoms with E-state index < -0.39 is 4.92 Å². The molecule has 0 amide bonds. The molecule has 0 aliphatic carbocycles. The highest BCUT2D eigenvalue weighted by Gasteiger charge is 2.29. The SMILES string of the molecule is Cl.O=[N+]([O-])/C(=C/c1ccco1)C1=NCCN1Cc1ccc(Cl)nc1. The normalized spacial score (nSPS) is 14.3. The lowest BCUT2D eigenvalue weighted by Gasteiger charge is -2.18. The molecule has 0 bridgehead atoms. The molecule has 2 aromatic heterocycles. The van der Waals surface area contributed by atoms with Crippen LogP contribution in [0.2, 0.25) is 5.15 Å². The Morgan fingerprint density at radius 3 is 2.92 bits per heavy atom. The van der Waals surface area contributed by atoms with E-state index >= 15 is 0 Å². The molecular weight excluding hydrogens is 355 g/mol. The molecule has 0 spiro atoms. The van der Waals surface area contributed by atoms with Crippen molar-refractivity contribution in [3.63, 3.8) is 0 Å². The quantitative estimate of drug-likeness (QED) is 0.459. The van der Waals surface area contributed by atoms with Crippen LogP contribution in [0.4, 0.5) is 0 Å². The Kier molecular flexibility index (Phi) is 5.94. The van der Waals surface area contributed by atoms with Gasteiger partial charge in [-0.05, 0) is 23.8 Å². The number of furan rings is 1. The Morgan fingerprint density at radius 2 is 2.29 bits per heavy atom. The van der Waals surface area contributed by atoms with Gasteiger partial charge >= 0.3 is 5.70 Å². The minimum atomic E-state index is -0.445. The van der Waals surface area contributed by atoms with Gasteiger partial charge in [0.2, 0.25) is 5.84 Å². The van der Waals surface area contributed by atoms with E-state index in [2.05, 4.69) is 9.98 Å². The van der Waals surface area contributed by atoms with Crippen LogP contribution < -0.4 is 0 Å². The summed E-state index contributed by atoms with van der Waals surface area (Å²) in [7, 11) is 0. The Bertz CT molecular complexity index is 758. The molecule has 3 rings (SSSR count). The Morgan fingerprint density at radius 1 is 1.46 bits per heavy atom. The average Bonchev–Trinajstić information content (AvgIpc) is 3.18. The minimum Gasteiger partial charge on any atom is -0.465 e. The molecule has 0 fully saturated rings. The van der Waals surface area contributed by atoms with Crippen molar-refractivity contribution in [2.75, 3.05) is 13.1 Å². The molecule has 126 valence electrons. The molecule has 24 heavy (non-hydrogen) atoms. The van der Waals surface area contributed by atoms with Crippen LogP contribution in [0.15, 0.2) is 51.8 Å². The number of nitrogens with zero attached hydrogens (tertiary/aromatic N) is 4. The molecule has 7 nitrogen and oxygen atoms in total. The van der Waals surface area contributed by atoms with Gasteiger partial charge in [0, 0.05) is 19.3 Å². The van der Waals surface area contributed by atoms with E-state index in [9.17, 15) is 10.1 Å². The first-order valence-electron chi connectivity index (χ1n) is 6.93. The summed E-state index contributed by atoms with van der Waals surface area (Å²) in [5, 5.41) is 11.8. The Balaban J connectivity index is 0.00000208. The second kappa shape index (κ2) is 7.94. The van der Waals surface area contributed by atoms with Crippen LogP contribution in [0, 0.1) is 10.1 Å². The van der Waals surface area contributed by atoms with Crippen molar-refractivity contribution < 1.29 is 9.34 Å². The summed E-state index contributed by atoms with van der Waals surface area (Å²) in [5.74, 6) is 0.765. The van der Waals surface area contributed by atoms with E-state index in [-0.39, 0.29) is 18.1 Å². The number of pyridine rings is 1. The average molecular weight is 369 g/mol. The maximum Gasteiger partial charge on any atom is 0.314 e. The molecule has 0 atom stereocenters. The van der Waals surface area contributed by atoms with Crippen LogP contribution in [-0.4, -0.2) is 33.7 Å². The van der Waals surface area contributed by atoms with E-state index in [1.807, 2.05) is 11.0 Å². The molecule has 0 unspecified atom stereocenters. The van der Waals surface area contributed by atoms with E-state index in [0.29, 0.717) is 36.4 Å². The zero-order valence-corrected chi connectivity index (χ0v) is 14.0. The third kappa shape index (κ3) is 4.12. The Hall–Kier alpha value is -2.38. The second-order valence-electron chi connectivity index (χ2n) is 4.92. The number of aromatic nitrogens is 1. The summed E-state index contributed by atoms with van der Waals surface area (Å²) < 4.78 is 5.16. The van der Waals surface area contributed by atoms with Crippen molar-refractivity contribution in [1.82, 2.24) is 9.88 Å². The molecule has 0 radical (unpaired) electrons. The zero-order chi connectivity index (χ0) is 16.2. The second-order valence-corrected chi connectivity index (χ2v) is 5.31.